The average Bonchev–Trinajstić information content (AvgIpc) is 2.86. The van der Waals surface area contributed by atoms with Crippen LogP contribution >= 0.6 is 11.6 Å². The molecule has 2 aliphatic heterocycles. The van der Waals surface area contributed by atoms with Crippen molar-refractivity contribution < 1.29 is 4.74 Å². The Morgan fingerprint density at radius 3 is 3.06 bits per heavy atom. The molecule has 0 spiro atoms. The summed E-state index contributed by atoms with van der Waals surface area (Å²) in [5.41, 5.74) is 1.24. The molecule has 1 aromatic rings. The molecule has 0 bridgehead atoms. The van der Waals surface area contributed by atoms with Gasteiger partial charge in [-0.25, -0.2) is 4.98 Å². The van der Waals surface area contributed by atoms with Crippen LogP contribution in [0.5, 0.6) is 0 Å². The van der Waals surface area contributed by atoms with Crippen molar-refractivity contribution in [1.82, 2.24) is 9.55 Å². The quantitative estimate of drug-likeness (QED) is 0.755. The van der Waals surface area contributed by atoms with Crippen LogP contribution in [0.25, 0.3) is 0 Å². The number of imidazole rings is 1. The van der Waals surface area contributed by atoms with Crippen LogP contribution in [0.2, 0.25) is 5.15 Å². The lowest BCUT2D eigenvalue weighted by atomic mass is 9.99. The highest BCUT2D eigenvalue weighted by molar-refractivity contribution is 6.30. The van der Waals surface area contributed by atoms with Crippen LogP contribution in [0.4, 0.5) is 0 Å². The molecule has 3 rings (SSSR count). The second kappa shape index (κ2) is 4.04. The third-order valence-corrected chi connectivity index (χ3v) is 4.02. The minimum absolute atomic E-state index is 0.455. The minimum Gasteiger partial charge on any atom is -0.381 e. The number of ether oxygens (including phenoxy) is 1. The Morgan fingerprint density at radius 2 is 2.31 bits per heavy atom. The zero-order valence-electron chi connectivity index (χ0n) is 9.58. The molecule has 0 aromatic carbocycles. The second-order valence-electron chi connectivity index (χ2n) is 5.02. The summed E-state index contributed by atoms with van der Waals surface area (Å²) in [7, 11) is 0. The van der Waals surface area contributed by atoms with E-state index in [0.717, 1.165) is 44.3 Å². The van der Waals surface area contributed by atoms with Gasteiger partial charge in [-0.3, -0.25) is 0 Å². The highest BCUT2D eigenvalue weighted by atomic mass is 35.5. The number of rotatable bonds is 1. The maximum Gasteiger partial charge on any atom is 0.150 e. The van der Waals surface area contributed by atoms with Crippen molar-refractivity contribution in [2.45, 2.75) is 38.6 Å². The number of nitrogens with zero attached hydrogens (tertiary/aromatic N) is 2. The maximum atomic E-state index is 6.22. The van der Waals surface area contributed by atoms with Gasteiger partial charge in [-0.2, -0.15) is 0 Å². The average molecular weight is 241 g/mol. The largest absolute Gasteiger partial charge is 0.381 e. The van der Waals surface area contributed by atoms with Gasteiger partial charge in [0.1, 0.15) is 5.82 Å². The van der Waals surface area contributed by atoms with Crippen LogP contribution in [-0.2, 0) is 17.7 Å². The van der Waals surface area contributed by atoms with Gasteiger partial charge in [0, 0.05) is 19.1 Å². The van der Waals surface area contributed by atoms with Gasteiger partial charge in [-0.15, -0.1) is 0 Å². The van der Waals surface area contributed by atoms with Crippen molar-refractivity contribution >= 4 is 11.6 Å². The van der Waals surface area contributed by atoms with E-state index in [1.807, 2.05) is 0 Å². The van der Waals surface area contributed by atoms with Crippen molar-refractivity contribution in [2.24, 2.45) is 5.92 Å². The summed E-state index contributed by atoms with van der Waals surface area (Å²) in [5, 5.41) is 0.716. The lowest BCUT2D eigenvalue weighted by Crippen LogP contribution is -2.21. The Balaban J connectivity index is 1.98. The maximum absolute atomic E-state index is 6.22. The molecule has 0 aliphatic carbocycles. The van der Waals surface area contributed by atoms with E-state index < -0.39 is 0 Å². The predicted molar refractivity (Wildman–Crippen MR) is 62.9 cm³/mol. The fourth-order valence-electron chi connectivity index (χ4n) is 2.75. The summed E-state index contributed by atoms with van der Waals surface area (Å²) in [6, 6.07) is 0. The van der Waals surface area contributed by atoms with Crippen LogP contribution < -0.4 is 0 Å². The highest BCUT2D eigenvalue weighted by Crippen LogP contribution is 2.33. The summed E-state index contributed by atoms with van der Waals surface area (Å²) >= 11 is 6.22. The standard InChI is InChI=1S/C12H17ClN2O/c1-8-2-3-10-11(13)14-12(15(10)6-8)9-4-5-16-7-9/h8-9H,2-7H2,1H3. The van der Waals surface area contributed by atoms with E-state index in [4.69, 9.17) is 16.3 Å². The van der Waals surface area contributed by atoms with Crippen LogP contribution in [0.3, 0.4) is 0 Å². The van der Waals surface area contributed by atoms with E-state index in [1.165, 1.54) is 12.1 Å². The van der Waals surface area contributed by atoms with E-state index in [2.05, 4.69) is 16.5 Å². The smallest absolute Gasteiger partial charge is 0.150 e. The first-order chi connectivity index (χ1) is 7.75. The van der Waals surface area contributed by atoms with Gasteiger partial charge < -0.3 is 9.30 Å². The van der Waals surface area contributed by atoms with Crippen molar-refractivity contribution in [3.05, 3.63) is 16.7 Å². The molecule has 2 atom stereocenters. The minimum atomic E-state index is 0.455. The van der Waals surface area contributed by atoms with Gasteiger partial charge in [0.25, 0.3) is 0 Å². The van der Waals surface area contributed by atoms with Crippen LogP contribution in [0.1, 0.15) is 37.2 Å². The Bertz CT molecular complexity index is 396. The Hall–Kier alpha value is -0.540. The fourth-order valence-corrected chi connectivity index (χ4v) is 3.04. The molecule has 2 aliphatic rings. The molecule has 3 heterocycles. The monoisotopic (exact) mass is 240 g/mol. The molecule has 2 unspecified atom stereocenters. The number of hydrogen-bond acceptors (Lipinski definition) is 2. The molecule has 0 N–H and O–H groups in total. The predicted octanol–water partition coefficient (Wildman–Crippen LogP) is 2.62. The molecule has 4 heteroatoms. The molecule has 1 aromatic heterocycles. The lowest BCUT2D eigenvalue weighted by Gasteiger charge is -2.23. The van der Waals surface area contributed by atoms with E-state index >= 15 is 0 Å². The third-order valence-electron chi connectivity index (χ3n) is 3.72. The summed E-state index contributed by atoms with van der Waals surface area (Å²) < 4.78 is 7.79. The second-order valence-corrected chi connectivity index (χ2v) is 5.38. The first-order valence-electron chi connectivity index (χ1n) is 6.08. The van der Waals surface area contributed by atoms with E-state index in [9.17, 15) is 0 Å². The van der Waals surface area contributed by atoms with Crippen molar-refractivity contribution in [3.63, 3.8) is 0 Å². The SMILES string of the molecule is CC1CCc2c(Cl)nc(C3CCOC3)n2C1. The fraction of sp³-hybridized carbons (Fsp3) is 0.750. The van der Waals surface area contributed by atoms with Crippen molar-refractivity contribution in [3.8, 4) is 0 Å². The number of aromatic nitrogens is 2. The summed E-state index contributed by atoms with van der Waals surface area (Å²) in [6.45, 7) is 5.04. The third kappa shape index (κ3) is 1.66. The van der Waals surface area contributed by atoms with Crippen LogP contribution in [-0.4, -0.2) is 22.8 Å². The normalized spacial score (nSPS) is 29.4. The molecule has 88 valence electrons. The number of fused-ring (bicyclic) bond motifs is 1. The lowest BCUT2D eigenvalue weighted by molar-refractivity contribution is 0.192. The van der Waals surface area contributed by atoms with Gasteiger partial charge in [0.05, 0.1) is 12.3 Å². The van der Waals surface area contributed by atoms with Gasteiger partial charge in [0.15, 0.2) is 5.15 Å². The van der Waals surface area contributed by atoms with Crippen molar-refractivity contribution in [2.75, 3.05) is 13.2 Å². The molecular weight excluding hydrogens is 224 g/mol. The Labute approximate surface area is 101 Å². The van der Waals surface area contributed by atoms with E-state index in [0.29, 0.717) is 11.1 Å². The Morgan fingerprint density at radius 1 is 1.44 bits per heavy atom. The van der Waals surface area contributed by atoms with Gasteiger partial charge in [0.2, 0.25) is 0 Å². The summed E-state index contributed by atoms with van der Waals surface area (Å²) in [5.74, 6) is 2.35. The molecule has 0 radical (unpaired) electrons. The highest BCUT2D eigenvalue weighted by Gasteiger charge is 2.28. The molecule has 1 fully saturated rings. The summed E-state index contributed by atoms with van der Waals surface area (Å²) in [4.78, 5) is 4.56. The number of halogens is 1. The number of hydrogen-bond donors (Lipinski definition) is 0. The molecular formula is C12H17ClN2O. The van der Waals surface area contributed by atoms with E-state index in [1.54, 1.807) is 0 Å². The van der Waals surface area contributed by atoms with E-state index in [-0.39, 0.29) is 0 Å². The summed E-state index contributed by atoms with van der Waals surface area (Å²) in [6.07, 6.45) is 3.38. The van der Waals surface area contributed by atoms with Gasteiger partial charge in [-0.1, -0.05) is 18.5 Å². The molecule has 16 heavy (non-hydrogen) atoms. The van der Waals surface area contributed by atoms with Gasteiger partial charge in [-0.05, 0) is 25.2 Å². The molecule has 0 amide bonds. The zero-order chi connectivity index (χ0) is 11.1. The molecule has 1 saturated heterocycles. The first kappa shape index (κ1) is 10.6. The van der Waals surface area contributed by atoms with Crippen LogP contribution in [0, 0.1) is 5.92 Å². The van der Waals surface area contributed by atoms with Crippen LogP contribution in [0.15, 0.2) is 0 Å². The zero-order valence-corrected chi connectivity index (χ0v) is 10.3. The molecule has 3 nitrogen and oxygen atoms in total. The van der Waals surface area contributed by atoms with Gasteiger partial charge >= 0.3 is 0 Å². The Kier molecular flexibility index (Phi) is 2.68. The molecule has 0 saturated carbocycles. The first-order valence-corrected chi connectivity index (χ1v) is 6.46. The van der Waals surface area contributed by atoms with Crippen molar-refractivity contribution in [1.29, 1.82) is 0 Å². The topological polar surface area (TPSA) is 27.1 Å².